The molecular weight excluding hydrogens is 318 g/mol. The van der Waals surface area contributed by atoms with Crippen LogP contribution in [-0.2, 0) is 4.74 Å². The molecule has 0 aliphatic carbocycles. The molecule has 0 bridgehead atoms. The van der Waals surface area contributed by atoms with Gasteiger partial charge in [0.05, 0.1) is 4.92 Å². The molecule has 1 fully saturated rings. The van der Waals surface area contributed by atoms with Crippen LogP contribution in [0.25, 0.3) is 0 Å². The summed E-state index contributed by atoms with van der Waals surface area (Å²) >= 11 is 0. The quantitative estimate of drug-likeness (QED) is 0.647. The summed E-state index contributed by atoms with van der Waals surface area (Å²) in [6, 6.07) is 15.1. The predicted molar refractivity (Wildman–Crippen MR) is 96.5 cm³/mol. The van der Waals surface area contributed by atoms with Gasteiger partial charge in [-0.05, 0) is 55.8 Å². The largest absolute Gasteiger partial charge is 0.372 e. The highest BCUT2D eigenvalue weighted by Crippen LogP contribution is 2.28. The van der Waals surface area contributed by atoms with Crippen molar-refractivity contribution in [3.63, 3.8) is 0 Å². The van der Waals surface area contributed by atoms with Crippen molar-refractivity contribution in [1.82, 2.24) is 0 Å². The second-order valence-corrected chi connectivity index (χ2v) is 6.13. The van der Waals surface area contributed by atoms with Crippen LogP contribution in [0.5, 0.6) is 0 Å². The molecule has 1 aliphatic rings. The summed E-state index contributed by atoms with van der Waals surface area (Å²) in [5.41, 5.74) is 3.44. The topological polar surface area (TPSA) is 72.2 Å². The zero-order valence-electron chi connectivity index (χ0n) is 14.6. The third kappa shape index (κ3) is 3.81. The zero-order valence-corrected chi connectivity index (χ0v) is 14.6. The molecule has 2 aromatic rings. The van der Waals surface area contributed by atoms with E-state index in [9.17, 15) is 10.1 Å². The second-order valence-electron chi connectivity index (χ2n) is 6.13. The molecule has 0 amide bonds. The van der Waals surface area contributed by atoms with Gasteiger partial charge in [-0.25, -0.2) is 0 Å². The standard InChI is InChI=1S/C19H23N3O3/c1-3-21(4-2)16-9-7-15(8-10-16)19-20-13-18(25-19)14-5-11-17(12-6-14)22(23)24/h5-12,18-20H,3-4,13H2,1-2H3/p+1/t18-,19-/m0/s1. The van der Waals surface area contributed by atoms with Crippen molar-refractivity contribution in [2.24, 2.45) is 0 Å². The highest BCUT2D eigenvalue weighted by molar-refractivity contribution is 5.47. The molecule has 1 heterocycles. The van der Waals surface area contributed by atoms with Crippen LogP contribution < -0.4 is 10.2 Å². The number of nitrogens with two attached hydrogens (primary N) is 1. The van der Waals surface area contributed by atoms with Gasteiger partial charge in [-0.1, -0.05) is 0 Å². The van der Waals surface area contributed by atoms with Crippen LogP contribution in [0.15, 0.2) is 48.5 Å². The molecule has 6 heteroatoms. The van der Waals surface area contributed by atoms with E-state index in [2.05, 4.69) is 48.3 Å². The monoisotopic (exact) mass is 342 g/mol. The Kier molecular flexibility index (Phi) is 5.31. The van der Waals surface area contributed by atoms with Crippen molar-refractivity contribution in [2.75, 3.05) is 24.5 Å². The maximum Gasteiger partial charge on any atom is 0.269 e. The minimum atomic E-state index is -0.383. The number of nitro groups is 1. The molecule has 0 spiro atoms. The number of quaternary nitrogens is 1. The summed E-state index contributed by atoms with van der Waals surface area (Å²) in [4.78, 5) is 12.7. The van der Waals surface area contributed by atoms with Gasteiger partial charge in [0.25, 0.3) is 5.69 Å². The third-order valence-electron chi connectivity index (χ3n) is 4.70. The van der Waals surface area contributed by atoms with Crippen molar-refractivity contribution in [3.8, 4) is 0 Å². The van der Waals surface area contributed by atoms with Crippen LogP contribution in [0.4, 0.5) is 11.4 Å². The number of benzene rings is 2. The highest BCUT2D eigenvalue weighted by Gasteiger charge is 2.31. The van der Waals surface area contributed by atoms with Gasteiger partial charge >= 0.3 is 0 Å². The molecule has 1 aliphatic heterocycles. The number of nitrogens with zero attached hydrogens (tertiary/aromatic N) is 2. The van der Waals surface area contributed by atoms with E-state index in [0.29, 0.717) is 0 Å². The lowest BCUT2D eigenvalue weighted by atomic mass is 10.1. The number of rotatable bonds is 6. The first kappa shape index (κ1) is 17.4. The van der Waals surface area contributed by atoms with E-state index < -0.39 is 0 Å². The summed E-state index contributed by atoms with van der Waals surface area (Å²) in [6.45, 7) is 7.09. The lowest BCUT2D eigenvalue weighted by Gasteiger charge is -2.21. The minimum absolute atomic E-state index is 0.0362. The van der Waals surface area contributed by atoms with E-state index in [1.807, 2.05) is 0 Å². The summed E-state index contributed by atoms with van der Waals surface area (Å²) < 4.78 is 6.15. The van der Waals surface area contributed by atoms with Crippen molar-refractivity contribution in [2.45, 2.75) is 26.2 Å². The van der Waals surface area contributed by atoms with Crippen LogP contribution in [0.1, 0.15) is 37.3 Å². The Hall–Kier alpha value is -2.44. The Balaban J connectivity index is 1.67. The summed E-state index contributed by atoms with van der Waals surface area (Å²) in [7, 11) is 0. The highest BCUT2D eigenvalue weighted by atomic mass is 16.6. The fourth-order valence-corrected chi connectivity index (χ4v) is 3.24. The van der Waals surface area contributed by atoms with Crippen molar-refractivity contribution >= 4 is 11.4 Å². The van der Waals surface area contributed by atoms with Gasteiger partial charge in [0, 0.05) is 36.5 Å². The molecule has 2 atom stereocenters. The second kappa shape index (κ2) is 7.63. The maximum absolute atomic E-state index is 10.8. The first-order chi connectivity index (χ1) is 12.1. The number of nitro benzene ring substituents is 1. The molecule has 25 heavy (non-hydrogen) atoms. The van der Waals surface area contributed by atoms with Crippen LogP contribution in [-0.4, -0.2) is 24.6 Å². The van der Waals surface area contributed by atoms with Crippen LogP contribution in [0, 0.1) is 10.1 Å². The van der Waals surface area contributed by atoms with Gasteiger partial charge in [-0.15, -0.1) is 0 Å². The molecule has 3 rings (SSSR count). The molecule has 0 saturated carbocycles. The normalized spacial score (nSPS) is 19.8. The molecule has 1 saturated heterocycles. The lowest BCUT2D eigenvalue weighted by Crippen LogP contribution is -2.82. The Bertz CT molecular complexity index is 712. The minimum Gasteiger partial charge on any atom is -0.372 e. The van der Waals surface area contributed by atoms with Gasteiger partial charge in [-0.2, -0.15) is 0 Å². The number of ether oxygens (including phenoxy) is 1. The predicted octanol–water partition coefficient (Wildman–Crippen LogP) is 2.77. The SMILES string of the molecule is CCN(CC)c1ccc([C@H]2[NH2+]C[C@@H](c3ccc([N+](=O)[O-])cc3)O2)cc1. The van der Waals surface area contributed by atoms with Gasteiger partial charge in [-0.3, -0.25) is 10.1 Å². The number of non-ortho nitro benzene ring substituents is 1. The Labute approximate surface area is 147 Å². The number of anilines is 1. The Morgan fingerprint density at radius 1 is 1.08 bits per heavy atom. The van der Waals surface area contributed by atoms with E-state index in [1.165, 1.54) is 17.8 Å². The van der Waals surface area contributed by atoms with Crippen LogP contribution in [0.3, 0.4) is 0 Å². The number of hydrogen-bond donors (Lipinski definition) is 1. The summed E-state index contributed by atoms with van der Waals surface area (Å²) in [5, 5.41) is 12.9. The van der Waals surface area contributed by atoms with Crippen molar-refractivity contribution in [1.29, 1.82) is 0 Å². The Morgan fingerprint density at radius 3 is 2.24 bits per heavy atom. The zero-order chi connectivity index (χ0) is 17.8. The van der Waals surface area contributed by atoms with Gasteiger partial charge in [0.15, 0.2) is 0 Å². The van der Waals surface area contributed by atoms with E-state index >= 15 is 0 Å². The van der Waals surface area contributed by atoms with Crippen molar-refractivity contribution < 1.29 is 15.0 Å². The summed E-state index contributed by atoms with van der Waals surface area (Å²) in [5.74, 6) is 0. The molecule has 0 aromatic heterocycles. The molecule has 0 unspecified atom stereocenters. The molecule has 2 aromatic carbocycles. The van der Waals surface area contributed by atoms with E-state index in [-0.39, 0.29) is 22.9 Å². The smallest absolute Gasteiger partial charge is 0.269 e. The molecular formula is C19H24N3O3+. The fourth-order valence-electron chi connectivity index (χ4n) is 3.24. The average Bonchev–Trinajstić information content (AvgIpc) is 3.13. The third-order valence-corrected chi connectivity index (χ3v) is 4.70. The van der Waals surface area contributed by atoms with Gasteiger partial charge in [0.2, 0.25) is 6.23 Å². The fraction of sp³-hybridized carbons (Fsp3) is 0.368. The average molecular weight is 342 g/mol. The maximum atomic E-state index is 10.8. The van der Waals surface area contributed by atoms with E-state index in [1.54, 1.807) is 12.1 Å². The van der Waals surface area contributed by atoms with Crippen LogP contribution in [0.2, 0.25) is 0 Å². The van der Waals surface area contributed by atoms with E-state index in [0.717, 1.165) is 30.8 Å². The lowest BCUT2D eigenvalue weighted by molar-refractivity contribution is -0.698. The molecule has 0 radical (unpaired) electrons. The first-order valence-corrected chi connectivity index (χ1v) is 8.70. The van der Waals surface area contributed by atoms with Crippen LogP contribution >= 0.6 is 0 Å². The Morgan fingerprint density at radius 2 is 1.68 bits per heavy atom. The van der Waals surface area contributed by atoms with Crippen molar-refractivity contribution in [3.05, 3.63) is 69.8 Å². The molecule has 2 N–H and O–H groups in total. The molecule has 6 nitrogen and oxygen atoms in total. The summed E-state index contributed by atoms with van der Waals surface area (Å²) in [6.07, 6.45) is -0.0841. The van der Waals surface area contributed by atoms with E-state index in [4.69, 9.17) is 4.74 Å². The first-order valence-electron chi connectivity index (χ1n) is 8.70. The molecule has 132 valence electrons. The van der Waals surface area contributed by atoms with Gasteiger partial charge < -0.3 is 15.0 Å². The number of hydrogen-bond acceptors (Lipinski definition) is 4. The van der Waals surface area contributed by atoms with Gasteiger partial charge in [0.1, 0.15) is 12.6 Å².